The average molecular weight is 328 g/mol. The maximum atomic E-state index is 10.6. The van der Waals surface area contributed by atoms with Crippen LogP contribution in [0.25, 0.3) is 0 Å². The van der Waals surface area contributed by atoms with Crippen LogP contribution in [0, 0.1) is 0 Å². The first-order valence-corrected chi connectivity index (χ1v) is 8.98. The Balaban J connectivity index is 1.71. The SMILES string of the molecule is OC1(CNC2CCCSc3ccc(Cl)cc32)CCOCC1. The molecule has 1 unspecified atom stereocenters. The van der Waals surface area contributed by atoms with E-state index in [1.54, 1.807) is 0 Å². The summed E-state index contributed by atoms with van der Waals surface area (Å²) < 4.78 is 5.34. The van der Waals surface area contributed by atoms with Gasteiger partial charge in [-0.25, -0.2) is 0 Å². The Bertz CT molecular complexity index is 491. The molecule has 1 aromatic carbocycles. The van der Waals surface area contributed by atoms with Gasteiger partial charge >= 0.3 is 0 Å². The highest BCUT2D eigenvalue weighted by atomic mass is 35.5. The largest absolute Gasteiger partial charge is 0.388 e. The van der Waals surface area contributed by atoms with E-state index in [1.165, 1.54) is 16.9 Å². The molecule has 3 nitrogen and oxygen atoms in total. The summed E-state index contributed by atoms with van der Waals surface area (Å²) in [5.41, 5.74) is 0.650. The van der Waals surface area contributed by atoms with E-state index in [0.29, 0.717) is 32.6 Å². The molecule has 2 N–H and O–H groups in total. The second-order valence-corrected chi connectivity index (χ2v) is 7.52. The maximum Gasteiger partial charge on any atom is 0.0815 e. The van der Waals surface area contributed by atoms with Crippen molar-refractivity contribution < 1.29 is 9.84 Å². The van der Waals surface area contributed by atoms with Crippen LogP contribution in [0.1, 0.15) is 37.3 Å². The molecule has 0 aromatic heterocycles. The van der Waals surface area contributed by atoms with Crippen LogP contribution in [0.3, 0.4) is 0 Å². The third kappa shape index (κ3) is 3.93. The van der Waals surface area contributed by atoms with Gasteiger partial charge in [0, 0.05) is 48.6 Å². The van der Waals surface area contributed by atoms with Crippen LogP contribution in [-0.4, -0.2) is 36.2 Å². The van der Waals surface area contributed by atoms with Crippen LogP contribution >= 0.6 is 23.4 Å². The smallest absolute Gasteiger partial charge is 0.0815 e. The van der Waals surface area contributed by atoms with Crippen molar-refractivity contribution in [1.82, 2.24) is 5.32 Å². The normalized spacial score (nSPS) is 25.1. The van der Waals surface area contributed by atoms with Gasteiger partial charge in [0.15, 0.2) is 0 Å². The number of halogens is 1. The van der Waals surface area contributed by atoms with Gasteiger partial charge in [0.25, 0.3) is 0 Å². The van der Waals surface area contributed by atoms with Gasteiger partial charge in [0.05, 0.1) is 5.60 Å². The summed E-state index contributed by atoms with van der Waals surface area (Å²) in [6.07, 6.45) is 3.69. The van der Waals surface area contributed by atoms with Crippen molar-refractivity contribution in [3.05, 3.63) is 28.8 Å². The van der Waals surface area contributed by atoms with Crippen molar-refractivity contribution >= 4 is 23.4 Å². The fourth-order valence-corrected chi connectivity index (χ4v) is 4.25. The van der Waals surface area contributed by atoms with Crippen molar-refractivity contribution in [3.8, 4) is 0 Å². The zero-order valence-corrected chi connectivity index (χ0v) is 13.7. The van der Waals surface area contributed by atoms with Crippen molar-refractivity contribution in [3.63, 3.8) is 0 Å². The number of rotatable bonds is 3. The fraction of sp³-hybridized carbons (Fsp3) is 0.625. The minimum absolute atomic E-state index is 0.278. The van der Waals surface area contributed by atoms with Crippen molar-refractivity contribution in [1.29, 1.82) is 0 Å². The third-order valence-electron chi connectivity index (χ3n) is 4.34. The molecular weight excluding hydrogens is 306 g/mol. The van der Waals surface area contributed by atoms with Gasteiger partial charge in [-0.3, -0.25) is 0 Å². The highest BCUT2D eigenvalue weighted by Gasteiger charge is 2.31. The number of fused-ring (bicyclic) bond motifs is 1. The summed E-state index contributed by atoms with van der Waals surface area (Å²) in [5.74, 6) is 1.14. The molecule has 3 rings (SSSR count). The molecule has 5 heteroatoms. The monoisotopic (exact) mass is 327 g/mol. The Morgan fingerprint density at radius 3 is 3.00 bits per heavy atom. The average Bonchev–Trinajstić information content (AvgIpc) is 2.68. The first-order valence-electron chi connectivity index (χ1n) is 7.62. The van der Waals surface area contributed by atoms with Gasteiger partial charge in [0.1, 0.15) is 0 Å². The summed E-state index contributed by atoms with van der Waals surface area (Å²) in [5, 5.41) is 15.0. The minimum atomic E-state index is -0.629. The molecule has 0 bridgehead atoms. The highest BCUT2D eigenvalue weighted by Crippen LogP contribution is 2.36. The van der Waals surface area contributed by atoms with E-state index in [1.807, 2.05) is 17.8 Å². The van der Waals surface area contributed by atoms with E-state index < -0.39 is 5.60 Å². The molecule has 21 heavy (non-hydrogen) atoms. The van der Waals surface area contributed by atoms with Crippen LogP contribution in [0.4, 0.5) is 0 Å². The number of ether oxygens (including phenoxy) is 1. The van der Waals surface area contributed by atoms with Gasteiger partial charge in [-0.15, -0.1) is 11.8 Å². The van der Waals surface area contributed by atoms with Crippen molar-refractivity contribution in [2.24, 2.45) is 0 Å². The Kier molecular flexibility index (Phi) is 5.12. The number of benzene rings is 1. The molecule has 1 aromatic rings. The van der Waals surface area contributed by atoms with E-state index in [4.69, 9.17) is 16.3 Å². The van der Waals surface area contributed by atoms with E-state index in [-0.39, 0.29) is 6.04 Å². The van der Waals surface area contributed by atoms with Gasteiger partial charge in [-0.05, 0) is 42.4 Å². The standard InChI is InChI=1S/C16H22ClNO2S/c17-12-3-4-15-13(10-12)14(2-1-9-21-15)18-11-16(19)5-7-20-8-6-16/h3-4,10,14,18-19H,1-2,5-9,11H2. The maximum absolute atomic E-state index is 10.6. The quantitative estimate of drug-likeness (QED) is 0.893. The summed E-state index contributed by atoms with van der Waals surface area (Å²) in [7, 11) is 0. The second kappa shape index (κ2) is 6.88. The summed E-state index contributed by atoms with van der Waals surface area (Å²) >= 11 is 8.07. The first kappa shape index (κ1) is 15.6. The van der Waals surface area contributed by atoms with Crippen LogP contribution in [0.5, 0.6) is 0 Å². The van der Waals surface area contributed by atoms with Crippen LogP contribution < -0.4 is 5.32 Å². The number of nitrogens with one attached hydrogen (secondary N) is 1. The summed E-state index contributed by atoms with van der Waals surface area (Å²) in [6, 6.07) is 6.43. The molecule has 1 saturated heterocycles. The van der Waals surface area contributed by atoms with E-state index in [9.17, 15) is 5.11 Å². The predicted octanol–water partition coefficient (Wildman–Crippen LogP) is 3.40. The van der Waals surface area contributed by atoms with Crippen molar-refractivity contribution in [2.75, 3.05) is 25.5 Å². The molecule has 0 saturated carbocycles. The molecule has 0 amide bonds. The molecule has 2 aliphatic rings. The molecule has 0 aliphatic carbocycles. The Hall–Kier alpha value is -0.260. The topological polar surface area (TPSA) is 41.5 Å². The molecule has 2 heterocycles. The van der Waals surface area contributed by atoms with E-state index >= 15 is 0 Å². The number of thioether (sulfide) groups is 1. The second-order valence-electron chi connectivity index (χ2n) is 5.94. The molecule has 0 spiro atoms. The Morgan fingerprint density at radius 2 is 2.19 bits per heavy atom. The summed E-state index contributed by atoms with van der Waals surface area (Å²) in [6.45, 7) is 1.93. The van der Waals surface area contributed by atoms with Crippen LogP contribution in [0.15, 0.2) is 23.1 Å². The number of aliphatic hydroxyl groups is 1. The lowest BCUT2D eigenvalue weighted by Gasteiger charge is -2.34. The zero-order chi connectivity index (χ0) is 14.7. The van der Waals surface area contributed by atoms with Gasteiger partial charge in [0.2, 0.25) is 0 Å². The molecule has 116 valence electrons. The van der Waals surface area contributed by atoms with Gasteiger partial charge in [-0.2, -0.15) is 0 Å². The molecule has 1 fully saturated rings. The zero-order valence-electron chi connectivity index (χ0n) is 12.1. The lowest BCUT2D eigenvalue weighted by atomic mass is 9.93. The minimum Gasteiger partial charge on any atom is -0.388 e. The predicted molar refractivity (Wildman–Crippen MR) is 87.2 cm³/mol. The first-order chi connectivity index (χ1) is 10.2. The molecule has 2 aliphatic heterocycles. The Morgan fingerprint density at radius 1 is 1.38 bits per heavy atom. The molecular formula is C16H22ClNO2S. The molecule has 0 radical (unpaired) electrons. The summed E-state index contributed by atoms with van der Waals surface area (Å²) in [4.78, 5) is 1.31. The number of hydrogen-bond donors (Lipinski definition) is 2. The van der Waals surface area contributed by atoms with Crippen LogP contribution in [0.2, 0.25) is 5.02 Å². The van der Waals surface area contributed by atoms with Gasteiger partial charge < -0.3 is 15.2 Å². The lowest BCUT2D eigenvalue weighted by molar-refractivity contribution is -0.0629. The van der Waals surface area contributed by atoms with E-state index in [0.717, 1.165) is 17.2 Å². The highest BCUT2D eigenvalue weighted by molar-refractivity contribution is 7.99. The van der Waals surface area contributed by atoms with Crippen LogP contribution in [-0.2, 0) is 4.74 Å². The number of hydrogen-bond acceptors (Lipinski definition) is 4. The fourth-order valence-electron chi connectivity index (χ4n) is 3.00. The van der Waals surface area contributed by atoms with E-state index in [2.05, 4.69) is 17.4 Å². The lowest BCUT2D eigenvalue weighted by Crippen LogP contribution is -2.45. The molecule has 1 atom stereocenters. The van der Waals surface area contributed by atoms with Gasteiger partial charge in [-0.1, -0.05) is 11.6 Å². The Labute approximate surface area is 135 Å². The third-order valence-corrected chi connectivity index (χ3v) is 5.75. The van der Waals surface area contributed by atoms with Crippen molar-refractivity contribution in [2.45, 2.75) is 42.2 Å².